The summed E-state index contributed by atoms with van der Waals surface area (Å²) < 4.78 is 39.5. The van der Waals surface area contributed by atoms with Gasteiger partial charge in [-0.15, -0.1) is 11.3 Å². The Balaban J connectivity index is 2.05. The lowest BCUT2D eigenvalue weighted by Gasteiger charge is -2.08. The predicted octanol–water partition coefficient (Wildman–Crippen LogP) is 5.66. The van der Waals surface area contributed by atoms with E-state index in [1.54, 1.807) is 17.6 Å². The van der Waals surface area contributed by atoms with E-state index in [4.69, 9.17) is 11.6 Å². The number of aromatic hydroxyl groups is 1. The van der Waals surface area contributed by atoms with Crippen molar-refractivity contribution >= 4 is 51.6 Å². The Morgan fingerprint density at radius 3 is 2.67 bits per heavy atom. The number of hydrogen-bond donors (Lipinski definition) is 2. The van der Waals surface area contributed by atoms with E-state index in [1.807, 2.05) is 0 Å². The van der Waals surface area contributed by atoms with Crippen LogP contribution >= 0.6 is 34.7 Å². The van der Waals surface area contributed by atoms with E-state index < -0.39 is 11.5 Å². The lowest BCUT2D eigenvalue weighted by molar-refractivity contribution is -0.136. The van der Waals surface area contributed by atoms with E-state index >= 15 is 0 Å². The van der Waals surface area contributed by atoms with Crippen LogP contribution in [0.2, 0.25) is 5.02 Å². The van der Waals surface area contributed by atoms with Gasteiger partial charge < -0.3 is 14.8 Å². The first kappa shape index (κ1) is 19.9. The second-order valence-corrected chi connectivity index (χ2v) is 8.75. The molecular formula is C17H13ClF3NO3S2. The lowest BCUT2D eigenvalue weighted by Crippen LogP contribution is -2.04. The average Bonchev–Trinajstić information content (AvgIpc) is 3.05. The molecule has 0 radical (unpaired) electrons. The highest BCUT2D eigenvalue weighted by atomic mass is 35.5. The fourth-order valence-electron chi connectivity index (χ4n) is 2.90. The quantitative estimate of drug-likeness (QED) is 0.508. The van der Waals surface area contributed by atoms with Gasteiger partial charge in [0.05, 0.1) is 27.7 Å². The van der Waals surface area contributed by atoms with Crippen LogP contribution in [-0.2, 0) is 17.8 Å². The number of carbonyl (C=O) groups is 1. The maximum atomic E-state index is 12.5. The molecule has 3 aromatic rings. The van der Waals surface area contributed by atoms with E-state index in [1.165, 1.54) is 18.2 Å². The minimum absolute atomic E-state index is 0.114. The smallest absolute Gasteiger partial charge is 0.447 e. The summed E-state index contributed by atoms with van der Waals surface area (Å²) >= 11 is 6.86. The van der Waals surface area contributed by atoms with Gasteiger partial charge in [-0.2, -0.15) is 13.2 Å². The summed E-state index contributed by atoms with van der Waals surface area (Å²) in [7, 11) is 0. The number of fused-ring (bicyclic) bond motifs is 1. The van der Waals surface area contributed by atoms with Crippen LogP contribution in [0.5, 0.6) is 5.75 Å². The molecule has 1 aromatic carbocycles. The van der Waals surface area contributed by atoms with Gasteiger partial charge in [-0.3, -0.25) is 4.79 Å². The molecule has 2 aromatic heterocycles. The number of rotatable bonds is 5. The first-order chi connectivity index (χ1) is 12.5. The van der Waals surface area contributed by atoms with Gasteiger partial charge in [0, 0.05) is 16.0 Å². The number of halogens is 4. The van der Waals surface area contributed by atoms with Crippen molar-refractivity contribution in [1.82, 2.24) is 4.57 Å². The molecule has 144 valence electrons. The van der Waals surface area contributed by atoms with Crippen molar-refractivity contribution in [1.29, 1.82) is 0 Å². The van der Waals surface area contributed by atoms with Crippen molar-refractivity contribution in [2.24, 2.45) is 0 Å². The topological polar surface area (TPSA) is 62.5 Å². The molecule has 0 aliphatic heterocycles. The molecule has 0 spiro atoms. The van der Waals surface area contributed by atoms with Crippen LogP contribution in [0.1, 0.15) is 16.1 Å². The molecule has 4 nitrogen and oxygen atoms in total. The summed E-state index contributed by atoms with van der Waals surface area (Å²) in [5, 5.41) is 19.7. The molecule has 0 fully saturated rings. The third kappa shape index (κ3) is 4.36. The number of aliphatic carboxylic acids is 1. The highest BCUT2D eigenvalue weighted by molar-refractivity contribution is 8.01. The van der Waals surface area contributed by atoms with Gasteiger partial charge in [0.1, 0.15) is 5.75 Å². The van der Waals surface area contributed by atoms with Crippen molar-refractivity contribution in [2.75, 3.05) is 0 Å². The fourth-order valence-corrected chi connectivity index (χ4v) is 4.92. The maximum absolute atomic E-state index is 12.5. The van der Waals surface area contributed by atoms with Crippen molar-refractivity contribution in [3.63, 3.8) is 0 Å². The summed E-state index contributed by atoms with van der Waals surface area (Å²) in [6, 6.07) is 5.97. The zero-order valence-electron chi connectivity index (χ0n) is 13.8. The minimum Gasteiger partial charge on any atom is -0.506 e. The first-order valence-electron chi connectivity index (χ1n) is 7.61. The third-order valence-corrected chi connectivity index (χ3v) is 6.25. The summed E-state index contributed by atoms with van der Waals surface area (Å²) in [6.07, 6.45) is -0.240. The summed E-state index contributed by atoms with van der Waals surface area (Å²) in [4.78, 5) is 11.9. The fraction of sp³-hybridized carbons (Fsp3) is 0.235. The molecular weight excluding hydrogens is 423 g/mol. The van der Waals surface area contributed by atoms with Crippen LogP contribution in [0.25, 0.3) is 10.9 Å². The number of phenolic OH excluding ortho intramolecular Hbond substituents is 1. The minimum atomic E-state index is -4.35. The Labute approximate surface area is 165 Å². The Kier molecular flexibility index (Phi) is 5.38. The van der Waals surface area contributed by atoms with E-state index in [0.29, 0.717) is 27.0 Å². The number of alkyl halides is 3. The van der Waals surface area contributed by atoms with E-state index in [-0.39, 0.29) is 39.7 Å². The van der Waals surface area contributed by atoms with Gasteiger partial charge in [-0.25, -0.2) is 0 Å². The van der Waals surface area contributed by atoms with E-state index in [0.717, 1.165) is 11.3 Å². The van der Waals surface area contributed by atoms with Crippen LogP contribution < -0.4 is 0 Å². The molecule has 2 heterocycles. The molecule has 0 unspecified atom stereocenters. The predicted molar refractivity (Wildman–Crippen MR) is 100 cm³/mol. The monoisotopic (exact) mass is 435 g/mol. The van der Waals surface area contributed by atoms with Gasteiger partial charge in [0.25, 0.3) is 0 Å². The van der Waals surface area contributed by atoms with Gasteiger partial charge >= 0.3 is 11.5 Å². The Bertz CT molecular complexity index is 1030. The number of thiophene rings is 1. The molecule has 3 rings (SSSR count). The molecule has 27 heavy (non-hydrogen) atoms. The number of phenols is 1. The van der Waals surface area contributed by atoms with Crippen LogP contribution in [0, 0.1) is 6.92 Å². The summed E-state index contributed by atoms with van der Waals surface area (Å²) in [6.45, 7) is 2.01. The van der Waals surface area contributed by atoms with Crippen molar-refractivity contribution in [2.45, 2.75) is 29.6 Å². The molecule has 2 N–H and O–H groups in total. The van der Waals surface area contributed by atoms with Crippen LogP contribution in [0.4, 0.5) is 13.2 Å². The molecule has 0 bridgehead atoms. The van der Waals surface area contributed by atoms with Crippen LogP contribution in [0.15, 0.2) is 28.5 Å². The zero-order chi connectivity index (χ0) is 19.9. The molecule has 0 amide bonds. The molecule has 0 aliphatic carbocycles. The molecule has 0 atom stereocenters. The van der Waals surface area contributed by atoms with Crippen LogP contribution in [-0.4, -0.2) is 26.3 Å². The lowest BCUT2D eigenvalue weighted by atomic mass is 10.1. The third-order valence-electron chi connectivity index (χ3n) is 4.02. The van der Waals surface area contributed by atoms with Crippen molar-refractivity contribution in [3.05, 3.63) is 45.4 Å². The van der Waals surface area contributed by atoms with Gasteiger partial charge in [-0.05, 0) is 48.5 Å². The SMILES string of the molecule is Cc1c(CC(=O)O)c2cc(O)c(Cl)cc2n1Cc1ccc(SC(F)(F)F)s1. The normalized spacial score (nSPS) is 12.0. The van der Waals surface area contributed by atoms with Gasteiger partial charge in [0.15, 0.2) is 0 Å². The maximum Gasteiger partial charge on any atom is 0.447 e. The first-order valence-corrected chi connectivity index (χ1v) is 9.62. The highest BCUT2D eigenvalue weighted by Crippen LogP contribution is 2.41. The van der Waals surface area contributed by atoms with Gasteiger partial charge in [-0.1, -0.05) is 11.6 Å². The Morgan fingerprint density at radius 1 is 1.33 bits per heavy atom. The number of thioether (sulfide) groups is 1. The Hall–Kier alpha value is -1.84. The number of benzene rings is 1. The number of carboxylic acids is 1. The van der Waals surface area contributed by atoms with Crippen molar-refractivity contribution < 1.29 is 28.2 Å². The second kappa shape index (κ2) is 7.29. The second-order valence-electron chi connectivity index (χ2n) is 5.81. The number of aromatic nitrogens is 1. The van der Waals surface area contributed by atoms with Crippen molar-refractivity contribution in [3.8, 4) is 5.75 Å². The largest absolute Gasteiger partial charge is 0.506 e. The highest BCUT2D eigenvalue weighted by Gasteiger charge is 2.30. The Morgan fingerprint density at radius 2 is 2.04 bits per heavy atom. The number of nitrogens with zero attached hydrogens (tertiary/aromatic N) is 1. The number of hydrogen-bond acceptors (Lipinski definition) is 4. The molecule has 0 saturated heterocycles. The standard InChI is InChI=1S/C17H13ClF3NO3S2/c1-8-10(5-15(24)25)11-4-14(23)12(18)6-13(11)22(8)7-9-2-3-16(26-9)27-17(19,20)21/h2-4,6,23H,5,7H2,1H3,(H,24,25). The summed E-state index contributed by atoms with van der Waals surface area (Å²) in [5.41, 5.74) is -2.54. The van der Waals surface area contributed by atoms with Crippen LogP contribution in [0.3, 0.4) is 0 Å². The number of carboxylic acid groups (broad SMARTS) is 1. The molecule has 0 saturated carbocycles. The average molecular weight is 436 g/mol. The van der Waals surface area contributed by atoms with E-state index in [9.17, 15) is 28.2 Å². The van der Waals surface area contributed by atoms with E-state index in [2.05, 4.69) is 0 Å². The zero-order valence-corrected chi connectivity index (χ0v) is 16.2. The summed E-state index contributed by atoms with van der Waals surface area (Å²) in [5.74, 6) is -1.18. The molecule has 10 heteroatoms. The van der Waals surface area contributed by atoms with Gasteiger partial charge in [0.2, 0.25) is 0 Å². The molecule has 0 aliphatic rings.